The van der Waals surface area contributed by atoms with Crippen molar-refractivity contribution in [3.8, 4) is 5.69 Å². The fourth-order valence-corrected chi connectivity index (χ4v) is 2.16. The zero-order valence-electron chi connectivity index (χ0n) is 12.0. The zero-order chi connectivity index (χ0) is 15.2. The van der Waals surface area contributed by atoms with Crippen LogP contribution in [0.5, 0.6) is 0 Å². The third kappa shape index (κ3) is 3.58. The number of pyridine rings is 1. The molecule has 2 heterocycles. The van der Waals surface area contributed by atoms with Gasteiger partial charge >= 0.3 is 0 Å². The third-order valence-electron chi connectivity index (χ3n) is 3.32. The standard InChI is InChI=1S/C17H16N4O/c22-17(8-3-14-2-1-9-18-12-14)20-15-4-6-16(7-5-15)21-11-10-19-13-21/h1-2,4-7,9-13H,3,8H2,(H,20,22). The molecule has 0 unspecified atom stereocenters. The number of rotatable bonds is 5. The molecule has 1 aromatic carbocycles. The molecule has 5 nitrogen and oxygen atoms in total. The molecule has 0 bridgehead atoms. The Bertz CT molecular complexity index is 721. The summed E-state index contributed by atoms with van der Waals surface area (Å²) in [7, 11) is 0. The molecule has 110 valence electrons. The smallest absolute Gasteiger partial charge is 0.224 e. The first kappa shape index (κ1) is 14.0. The van der Waals surface area contributed by atoms with Gasteiger partial charge in [0, 0.05) is 42.6 Å². The highest BCUT2D eigenvalue weighted by Gasteiger charge is 2.04. The lowest BCUT2D eigenvalue weighted by atomic mass is 10.1. The van der Waals surface area contributed by atoms with Gasteiger partial charge in [-0.05, 0) is 42.3 Å². The Hall–Kier alpha value is -2.95. The van der Waals surface area contributed by atoms with Crippen LogP contribution in [-0.2, 0) is 11.2 Å². The average molecular weight is 292 g/mol. The van der Waals surface area contributed by atoms with Crippen LogP contribution in [0.3, 0.4) is 0 Å². The van der Waals surface area contributed by atoms with Crippen molar-refractivity contribution >= 4 is 11.6 Å². The Kier molecular flexibility index (Phi) is 4.25. The van der Waals surface area contributed by atoms with Crippen molar-refractivity contribution in [1.29, 1.82) is 0 Å². The van der Waals surface area contributed by atoms with Crippen LogP contribution < -0.4 is 5.32 Å². The lowest BCUT2D eigenvalue weighted by Crippen LogP contribution is -2.12. The maximum absolute atomic E-state index is 12.0. The number of aromatic nitrogens is 3. The van der Waals surface area contributed by atoms with E-state index >= 15 is 0 Å². The number of imidazole rings is 1. The summed E-state index contributed by atoms with van der Waals surface area (Å²) in [5, 5.41) is 2.90. The van der Waals surface area contributed by atoms with Gasteiger partial charge in [-0.15, -0.1) is 0 Å². The number of nitrogens with zero attached hydrogens (tertiary/aromatic N) is 3. The number of benzene rings is 1. The van der Waals surface area contributed by atoms with Crippen molar-refractivity contribution in [1.82, 2.24) is 14.5 Å². The highest BCUT2D eigenvalue weighted by molar-refractivity contribution is 5.90. The Morgan fingerprint density at radius 3 is 2.64 bits per heavy atom. The molecule has 5 heteroatoms. The largest absolute Gasteiger partial charge is 0.326 e. The van der Waals surface area contributed by atoms with Crippen LogP contribution in [0.1, 0.15) is 12.0 Å². The van der Waals surface area contributed by atoms with Crippen molar-refractivity contribution in [3.63, 3.8) is 0 Å². The van der Waals surface area contributed by atoms with E-state index in [0.29, 0.717) is 12.8 Å². The van der Waals surface area contributed by atoms with Gasteiger partial charge in [0.1, 0.15) is 0 Å². The Balaban J connectivity index is 1.55. The Morgan fingerprint density at radius 2 is 1.95 bits per heavy atom. The predicted molar refractivity (Wildman–Crippen MR) is 84.8 cm³/mol. The first-order valence-corrected chi connectivity index (χ1v) is 7.08. The van der Waals surface area contributed by atoms with Crippen molar-refractivity contribution in [2.75, 3.05) is 5.32 Å². The van der Waals surface area contributed by atoms with E-state index in [-0.39, 0.29) is 5.91 Å². The number of amides is 1. The fraction of sp³-hybridized carbons (Fsp3) is 0.118. The van der Waals surface area contributed by atoms with Crippen molar-refractivity contribution in [3.05, 3.63) is 73.1 Å². The summed E-state index contributed by atoms with van der Waals surface area (Å²) >= 11 is 0. The SMILES string of the molecule is O=C(CCc1cccnc1)Nc1ccc(-n2ccnc2)cc1. The monoisotopic (exact) mass is 292 g/mol. The zero-order valence-corrected chi connectivity index (χ0v) is 12.0. The normalized spacial score (nSPS) is 10.4. The molecule has 0 saturated heterocycles. The van der Waals surface area contributed by atoms with Gasteiger partial charge < -0.3 is 9.88 Å². The van der Waals surface area contributed by atoms with E-state index in [1.165, 1.54) is 0 Å². The maximum Gasteiger partial charge on any atom is 0.224 e. The van der Waals surface area contributed by atoms with Crippen LogP contribution in [0.4, 0.5) is 5.69 Å². The molecule has 0 spiro atoms. The second kappa shape index (κ2) is 6.67. The van der Waals surface area contributed by atoms with E-state index in [9.17, 15) is 4.79 Å². The summed E-state index contributed by atoms with van der Waals surface area (Å²) < 4.78 is 1.91. The minimum Gasteiger partial charge on any atom is -0.326 e. The molecule has 3 aromatic rings. The van der Waals surface area contributed by atoms with Gasteiger partial charge in [-0.1, -0.05) is 6.07 Å². The molecule has 3 rings (SSSR count). The van der Waals surface area contributed by atoms with Crippen LogP contribution in [0, 0.1) is 0 Å². The van der Waals surface area contributed by atoms with Gasteiger partial charge in [0.2, 0.25) is 5.91 Å². The number of carbonyl (C=O) groups excluding carboxylic acids is 1. The molecule has 0 fully saturated rings. The van der Waals surface area contributed by atoms with E-state index in [4.69, 9.17) is 0 Å². The van der Waals surface area contributed by atoms with Crippen LogP contribution in [0.2, 0.25) is 0 Å². The second-order valence-electron chi connectivity index (χ2n) is 4.93. The topological polar surface area (TPSA) is 59.8 Å². The van der Waals surface area contributed by atoms with Gasteiger partial charge in [-0.3, -0.25) is 9.78 Å². The molecule has 0 radical (unpaired) electrons. The highest BCUT2D eigenvalue weighted by Crippen LogP contribution is 2.13. The van der Waals surface area contributed by atoms with Gasteiger partial charge in [0.25, 0.3) is 0 Å². The first-order valence-electron chi connectivity index (χ1n) is 7.08. The van der Waals surface area contributed by atoms with Crippen molar-refractivity contribution < 1.29 is 4.79 Å². The van der Waals surface area contributed by atoms with Gasteiger partial charge in [-0.25, -0.2) is 4.98 Å². The van der Waals surface area contributed by atoms with E-state index in [0.717, 1.165) is 16.9 Å². The molecule has 1 amide bonds. The fourth-order valence-electron chi connectivity index (χ4n) is 2.16. The van der Waals surface area contributed by atoms with E-state index in [2.05, 4.69) is 15.3 Å². The third-order valence-corrected chi connectivity index (χ3v) is 3.32. The van der Waals surface area contributed by atoms with Crippen molar-refractivity contribution in [2.24, 2.45) is 0 Å². The Labute approximate surface area is 128 Å². The number of aryl methyl sites for hydroxylation is 1. The number of carbonyl (C=O) groups is 1. The molecule has 0 saturated carbocycles. The van der Waals surface area contributed by atoms with Crippen LogP contribution >= 0.6 is 0 Å². The number of anilines is 1. The van der Waals surface area contributed by atoms with Gasteiger partial charge in [0.05, 0.1) is 6.33 Å². The number of hydrogen-bond donors (Lipinski definition) is 1. The van der Waals surface area contributed by atoms with Crippen LogP contribution in [0.25, 0.3) is 5.69 Å². The highest BCUT2D eigenvalue weighted by atomic mass is 16.1. The Morgan fingerprint density at radius 1 is 1.09 bits per heavy atom. The molecule has 0 aliphatic carbocycles. The summed E-state index contributed by atoms with van der Waals surface area (Å²) in [6, 6.07) is 11.5. The molecule has 1 N–H and O–H groups in total. The van der Waals surface area contributed by atoms with E-state index in [1.807, 2.05) is 47.2 Å². The summed E-state index contributed by atoms with van der Waals surface area (Å²) in [6.07, 6.45) is 9.98. The minimum absolute atomic E-state index is 0.000709. The molecular weight excluding hydrogens is 276 g/mol. The molecule has 22 heavy (non-hydrogen) atoms. The lowest BCUT2D eigenvalue weighted by molar-refractivity contribution is -0.116. The summed E-state index contributed by atoms with van der Waals surface area (Å²) in [5.74, 6) is -0.000709. The lowest BCUT2D eigenvalue weighted by Gasteiger charge is -2.07. The second-order valence-corrected chi connectivity index (χ2v) is 4.93. The van der Waals surface area contributed by atoms with Crippen LogP contribution in [-0.4, -0.2) is 20.4 Å². The van der Waals surface area contributed by atoms with Gasteiger partial charge in [0.15, 0.2) is 0 Å². The van der Waals surface area contributed by atoms with Crippen LogP contribution in [0.15, 0.2) is 67.5 Å². The summed E-state index contributed by atoms with van der Waals surface area (Å²) in [5.41, 5.74) is 2.86. The molecule has 0 aliphatic rings. The van der Waals surface area contributed by atoms with E-state index in [1.54, 1.807) is 24.9 Å². The molecule has 0 aliphatic heterocycles. The average Bonchev–Trinajstić information content (AvgIpc) is 3.09. The first-order chi connectivity index (χ1) is 10.8. The molecular formula is C17H16N4O. The molecule has 0 atom stereocenters. The maximum atomic E-state index is 12.0. The van der Waals surface area contributed by atoms with Crippen molar-refractivity contribution in [2.45, 2.75) is 12.8 Å². The van der Waals surface area contributed by atoms with E-state index < -0.39 is 0 Å². The summed E-state index contributed by atoms with van der Waals surface area (Å²) in [4.78, 5) is 20.0. The predicted octanol–water partition coefficient (Wildman–Crippen LogP) is 2.84. The summed E-state index contributed by atoms with van der Waals surface area (Å²) in [6.45, 7) is 0. The molecule has 2 aromatic heterocycles. The number of nitrogens with one attached hydrogen (secondary N) is 1. The van der Waals surface area contributed by atoms with Gasteiger partial charge in [-0.2, -0.15) is 0 Å². The minimum atomic E-state index is -0.000709. The number of hydrogen-bond acceptors (Lipinski definition) is 3. The quantitative estimate of drug-likeness (QED) is 0.786.